The number of amides is 1. The lowest BCUT2D eigenvalue weighted by molar-refractivity contribution is -0.286. The monoisotopic (exact) mass is 634 g/mol. The van der Waals surface area contributed by atoms with E-state index in [-0.39, 0.29) is 53.3 Å². The first kappa shape index (κ1) is 30.3. The molecule has 44 heavy (non-hydrogen) atoms. The average Bonchev–Trinajstić information content (AvgIpc) is 3.49. The van der Waals surface area contributed by atoms with Crippen LogP contribution in [0.15, 0.2) is 41.4 Å². The van der Waals surface area contributed by atoms with Crippen molar-refractivity contribution in [3.8, 4) is 28.5 Å². The number of rotatable bonds is 8. The number of ether oxygens (including phenoxy) is 3. The molecule has 10 nitrogen and oxygen atoms in total. The lowest BCUT2D eigenvalue weighted by atomic mass is 9.84. The quantitative estimate of drug-likeness (QED) is 0.384. The topological polar surface area (TPSA) is 112 Å². The maximum atomic E-state index is 13.6. The SMILES string of the molecule is CC(C)c1cc(-c2ccc3c(c2)OC(F)(F)O3)cc(C(C)C)c1CC(=O)NS(=O)(=O)c1cc2n(n1)C[C@@H](N1CC(F)C1)CO2. The smallest absolute Gasteiger partial charge is 0.476 e. The second kappa shape index (κ2) is 11.0. The predicted octanol–water partition coefficient (Wildman–Crippen LogP) is 4.58. The number of likely N-dealkylation sites (tertiary alicyclic amines) is 1. The Kier molecular flexibility index (Phi) is 7.55. The van der Waals surface area contributed by atoms with Crippen LogP contribution in [0.4, 0.5) is 13.2 Å². The van der Waals surface area contributed by atoms with Gasteiger partial charge in [-0.2, -0.15) is 13.5 Å². The Labute approximate surface area is 253 Å². The van der Waals surface area contributed by atoms with E-state index < -0.39 is 28.4 Å². The van der Waals surface area contributed by atoms with Crippen LogP contribution in [-0.4, -0.2) is 67.2 Å². The molecule has 14 heteroatoms. The molecule has 1 N–H and O–H groups in total. The predicted molar refractivity (Wildman–Crippen MR) is 153 cm³/mol. The minimum Gasteiger partial charge on any atom is -0.476 e. The lowest BCUT2D eigenvalue weighted by Crippen LogP contribution is -2.57. The zero-order valence-electron chi connectivity index (χ0n) is 24.6. The van der Waals surface area contributed by atoms with E-state index in [1.54, 1.807) is 6.07 Å². The molecule has 6 rings (SSSR count). The summed E-state index contributed by atoms with van der Waals surface area (Å²) in [5.74, 6) is -0.695. The molecule has 0 unspecified atom stereocenters. The highest BCUT2D eigenvalue weighted by Gasteiger charge is 2.43. The van der Waals surface area contributed by atoms with Crippen molar-refractivity contribution in [3.63, 3.8) is 0 Å². The van der Waals surface area contributed by atoms with Gasteiger partial charge >= 0.3 is 6.29 Å². The number of aromatic nitrogens is 2. The summed E-state index contributed by atoms with van der Waals surface area (Å²) in [7, 11) is -4.32. The fraction of sp³-hybridized carbons (Fsp3) is 0.467. The number of carbonyl (C=O) groups excluding carboxylic acids is 1. The molecule has 1 saturated heterocycles. The van der Waals surface area contributed by atoms with Gasteiger partial charge in [-0.15, -0.1) is 8.78 Å². The Morgan fingerprint density at radius 2 is 1.66 bits per heavy atom. The summed E-state index contributed by atoms with van der Waals surface area (Å²) >= 11 is 0. The number of benzene rings is 2. The lowest BCUT2D eigenvalue weighted by Gasteiger charge is -2.41. The molecule has 3 aliphatic heterocycles. The third kappa shape index (κ3) is 5.84. The Morgan fingerprint density at radius 1 is 1.00 bits per heavy atom. The van der Waals surface area contributed by atoms with E-state index in [1.165, 1.54) is 22.9 Å². The minimum absolute atomic E-state index is 0.0470. The molecule has 3 aromatic rings. The molecule has 0 saturated carbocycles. The van der Waals surface area contributed by atoms with Gasteiger partial charge in [0.05, 0.1) is 19.0 Å². The highest BCUT2D eigenvalue weighted by atomic mass is 32.2. The van der Waals surface area contributed by atoms with E-state index in [0.29, 0.717) is 30.8 Å². The first-order chi connectivity index (χ1) is 20.7. The number of sulfonamides is 1. The summed E-state index contributed by atoms with van der Waals surface area (Å²) in [6.07, 6.45) is -4.81. The van der Waals surface area contributed by atoms with Crippen molar-refractivity contribution in [2.75, 3.05) is 19.7 Å². The summed E-state index contributed by atoms with van der Waals surface area (Å²) in [5, 5.41) is 3.82. The molecular weight excluding hydrogens is 601 g/mol. The van der Waals surface area contributed by atoms with E-state index in [0.717, 1.165) is 16.7 Å². The molecule has 2 aromatic carbocycles. The molecule has 1 fully saturated rings. The molecule has 236 valence electrons. The summed E-state index contributed by atoms with van der Waals surface area (Å²) < 4.78 is 85.3. The first-order valence-corrected chi connectivity index (χ1v) is 15.9. The maximum Gasteiger partial charge on any atom is 0.586 e. The van der Waals surface area contributed by atoms with Gasteiger partial charge in [0.1, 0.15) is 12.8 Å². The van der Waals surface area contributed by atoms with Crippen LogP contribution in [0.25, 0.3) is 11.1 Å². The van der Waals surface area contributed by atoms with Crippen molar-refractivity contribution in [2.24, 2.45) is 0 Å². The van der Waals surface area contributed by atoms with Crippen molar-refractivity contribution in [1.82, 2.24) is 19.4 Å². The molecule has 0 spiro atoms. The van der Waals surface area contributed by atoms with E-state index in [2.05, 4.69) is 19.3 Å². The van der Waals surface area contributed by atoms with Crippen molar-refractivity contribution in [1.29, 1.82) is 0 Å². The van der Waals surface area contributed by atoms with Gasteiger partial charge in [0.25, 0.3) is 10.0 Å². The van der Waals surface area contributed by atoms with E-state index in [4.69, 9.17) is 4.74 Å². The van der Waals surface area contributed by atoms with Crippen LogP contribution in [-0.2, 0) is 27.8 Å². The molecule has 1 amide bonds. The fourth-order valence-corrected chi connectivity index (χ4v) is 6.75. The van der Waals surface area contributed by atoms with Gasteiger partial charge in [-0.25, -0.2) is 13.8 Å². The van der Waals surface area contributed by atoms with E-state index in [1.807, 2.05) is 44.7 Å². The average molecular weight is 635 g/mol. The third-order valence-corrected chi connectivity index (χ3v) is 9.31. The molecule has 0 aliphatic carbocycles. The highest BCUT2D eigenvalue weighted by molar-refractivity contribution is 7.90. The minimum atomic E-state index is -4.32. The molecule has 1 atom stereocenters. The maximum absolute atomic E-state index is 13.6. The van der Waals surface area contributed by atoms with Crippen LogP contribution >= 0.6 is 0 Å². The van der Waals surface area contributed by atoms with E-state index >= 15 is 0 Å². The van der Waals surface area contributed by atoms with E-state index in [9.17, 15) is 26.4 Å². The zero-order valence-corrected chi connectivity index (χ0v) is 25.5. The third-order valence-electron chi connectivity index (χ3n) is 8.07. The first-order valence-electron chi connectivity index (χ1n) is 14.4. The van der Waals surface area contributed by atoms with Crippen LogP contribution < -0.4 is 18.9 Å². The Morgan fingerprint density at radius 3 is 2.30 bits per heavy atom. The van der Waals surface area contributed by atoms with Crippen molar-refractivity contribution in [3.05, 3.63) is 53.1 Å². The Balaban J connectivity index is 1.23. The largest absolute Gasteiger partial charge is 0.586 e. The molecule has 0 radical (unpaired) electrons. The second-order valence-electron chi connectivity index (χ2n) is 12.0. The van der Waals surface area contributed by atoms with Gasteiger partial charge in [0.2, 0.25) is 16.8 Å². The Bertz CT molecular complexity index is 1690. The fourth-order valence-electron chi connectivity index (χ4n) is 5.81. The van der Waals surface area contributed by atoms with Gasteiger partial charge in [0.15, 0.2) is 11.5 Å². The molecule has 1 aromatic heterocycles. The van der Waals surface area contributed by atoms with Crippen molar-refractivity contribution >= 4 is 15.9 Å². The number of carbonyl (C=O) groups is 1. The summed E-state index contributed by atoms with van der Waals surface area (Å²) in [5.41, 5.74) is 3.69. The Hall–Kier alpha value is -3.78. The summed E-state index contributed by atoms with van der Waals surface area (Å²) in [4.78, 5) is 15.2. The van der Waals surface area contributed by atoms with Crippen LogP contribution in [0, 0.1) is 0 Å². The normalized spacial score (nSPS) is 19.5. The summed E-state index contributed by atoms with van der Waals surface area (Å²) in [6, 6.07) is 9.47. The van der Waals surface area contributed by atoms with Gasteiger partial charge in [-0.05, 0) is 51.8 Å². The molecular formula is C30H33F3N4O6S. The number of hydrogen-bond donors (Lipinski definition) is 1. The van der Waals surface area contributed by atoms with Gasteiger partial charge in [-0.3, -0.25) is 9.69 Å². The second-order valence-corrected chi connectivity index (χ2v) is 13.6. The summed E-state index contributed by atoms with van der Waals surface area (Å²) in [6.45, 7) is 9.07. The van der Waals surface area contributed by atoms with Gasteiger partial charge < -0.3 is 14.2 Å². The number of halogens is 3. The number of nitrogens with zero attached hydrogens (tertiary/aromatic N) is 3. The number of alkyl halides is 3. The number of nitrogens with one attached hydrogen (secondary N) is 1. The van der Waals surface area contributed by atoms with Crippen molar-refractivity contribution < 1.29 is 40.6 Å². The van der Waals surface area contributed by atoms with Crippen LogP contribution in [0.3, 0.4) is 0 Å². The number of fused-ring (bicyclic) bond motifs is 2. The molecule has 3 aliphatic rings. The number of hydrogen-bond acceptors (Lipinski definition) is 8. The van der Waals surface area contributed by atoms with Gasteiger partial charge in [0, 0.05) is 19.2 Å². The van der Waals surface area contributed by atoms with Crippen LogP contribution in [0.5, 0.6) is 17.4 Å². The van der Waals surface area contributed by atoms with Crippen LogP contribution in [0.2, 0.25) is 0 Å². The molecule has 4 heterocycles. The van der Waals surface area contributed by atoms with Crippen LogP contribution in [0.1, 0.15) is 56.2 Å². The highest BCUT2D eigenvalue weighted by Crippen LogP contribution is 2.44. The standard InChI is InChI=1S/C30H33F3N4O6S/c1-16(2)22-7-19(18-5-6-25-26(9-18)43-30(32,33)42-25)8-23(17(3)4)24(22)10-27(38)35-44(39,40)28-11-29-37(34-28)14-21(15-41-29)36-12-20(31)13-36/h5-9,11,16-17,20-21H,10,12-15H2,1-4H3,(H,35,38)/t21-/m1/s1. The van der Waals surface area contributed by atoms with Crippen molar-refractivity contribution in [2.45, 2.75) is 76.0 Å². The zero-order chi connectivity index (χ0) is 31.6. The molecule has 0 bridgehead atoms. The van der Waals surface area contributed by atoms with Gasteiger partial charge in [-0.1, -0.05) is 45.9 Å².